The zero-order valence-corrected chi connectivity index (χ0v) is 12.4. The Morgan fingerprint density at radius 3 is 2.70 bits per heavy atom. The Morgan fingerprint density at radius 1 is 1.25 bits per heavy atom. The van der Waals surface area contributed by atoms with Gasteiger partial charge in [-0.3, -0.25) is 4.79 Å². The molecule has 5 heteroatoms. The van der Waals surface area contributed by atoms with Crippen LogP contribution in [0.1, 0.15) is 40.5 Å². The van der Waals surface area contributed by atoms with Gasteiger partial charge in [0.2, 0.25) is 0 Å². The molecule has 2 aromatic rings. The molecule has 1 aromatic heterocycles. The molecule has 1 fully saturated rings. The summed E-state index contributed by atoms with van der Waals surface area (Å²) in [6.07, 6.45) is 3.80. The first-order chi connectivity index (χ1) is 9.72. The lowest BCUT2D eigenvalue weighted by atomic mass is 10.2. The van der Waals surface area contributed by atoms with Crippen LogP contribution < -0.4 is 5.32 Å². The molecule has 0 saturated heterocycles. The largest absolute Gasteiger partial charge is 0.347 e. The maximum atomic E-state index is 12.1. The van der Waals surface area contributed by atoms with Crippen molar-refractivity contribution in [1.29, 1.82) is 0 Å². The number of nitrogens with one attached hydrogen (secondary N) is 1. The van der Waals surface area contributed by atoms with E-state index < -0.39 is 0 Å². The zero-order valence-electron chi connectivity index (χ0n) is 10.8. The van der Waals surface area contributed by atoms with Gasteiger partial charge in [-0.1, -0.05) is 28.1 Å². The Labute approximate surface area is 125 Å². The van der Waals surface area contributed by atoms with Crippen molar-refractivity contribution < 1.29 is 4.79 Å². The quantitative estimate of drug-likeness (QED) is 0.936. The highest BCUT2D eigenvalue weighted by molar-refractivity contribution is 9.10. The minimum Gasteiger partial charge on any atom is -0.347 e. The molecule has 1 aromatic carbocycles. The molecule has 1 saturated carbocycles. The number of hydrogen-bond acceptors (Lipinski definition) is 3. The van der Waals surface area contributed by atoms with E-state index in [1.54, 1.807) is 6.07 Å². The number of nitrogens with zero attached hydrogens (tertiary/aromatic N) is 2. The first-order valence-electron chi connectivity index (χ1n) is 6.57. The van der Waals surface area contributed by atoms with E-state index in [1.807, 2.05) is 24.3 Å². The second kappa shape index (κ2) is 5.71. The summed E-state index contributed by atoms with van der Waals surface area (Å²) in [5.74, 6) is 0.369. The predicted octanol–water partition coefficient (Wildman–Crippen LogP) is 3.05. The second-order valence-corrected chi connectivity index (χ2v) is 5.83. The van der Waals surface area contributed by atoms with Crippen LogP contribution in [0.3, 0.4) is 0 Å². The van der Waals surface area contributed by atoms with E-state index in [4.69, 9.17) is 0 Å². The summed E-state index contributed by atoms with van der Waals surface area (Å²) in [4.78, 5) is 20.3. The molecule has 1 amide bonds. The molecule has 20 heavy (non-hydrogen) atoms. The van der Waals surface area contributed by atoms with Crippen LogP contribution in [0.25, 0.3) is 0 Å². The van der Waals surface area contributed by atoms with Gasteiger partial charge in [-0.15, -0.1) is 0 Å². The van der Waals surface area contributed by atoms with Crippen LogP contribution in [0.2, 0.25) is 0 Å². The van der Waals surface area contributed by atoms with E-state index in [2.05, 4.69) is 31.2 Å². The van der Waals surface area contributed by atoms with E-state index in [9.17, 15) is 4.79 Å². The summed E-state index contributed by atoms with van der Waals surface area (Å²) < 4.78 is 1.03. The van der Waals surface area contributed by atoms with E-state index in [1.165, 1.54) is 6.33 Å². The van der Waals surface area contributed by atoms with Crippen molar-refractivity contribution in [3.8, 4) is 0 Å². The van der Waals surface area contributed by atoms with Crippen LogP contribution >= 0.6 is 15.9 Å². The lowest BCUT2D eigenvalue weighted by molar-refractivity contribution is 0.0945. The van der Waals surface area contributed by atoms with Gasteiger partial charge in [-0.05, 0) is 36.6 Å². The molecular weight excluding hydrogens is 318 g/mol. The zero-order chi connectivity index (χ0) is 13.9. The van der Waals surface area contributed by atoms with Gasteiger partial charge in [0.15, 0.2) is 0 Å². The third-order valence-electron chi connectivity index (χ3n) is 3.28. The summed E-state index contributed by atoms with van der Waals surface area (Å²) >= 11 is 3.39. The Hall–Kier alpha value is -1.75. The van der Waals surface area contributed by atoms with Gasteiger partial charge in [-0.2, -0.15) is 0 Å². The number of halogens is 1. The monoisotopic (exact) mass is 331 g/mol. The van der Waals surface area contributed by atoms with Crippen molar-refractivity contribution in [3.05, 3.63) is 58.1 Å². The molecule has 1 aliphatic rings. The van der Waals surface area contributed by atoms with Gasteiger partial charge in [0, 0.05) is 22.6 Å². The van der Waals surface area contributed by atoms with Crippen molar-refractivity contribution in [2.45, 2.75) is 25.3 Å². The van der Waals surface area contributed by atoms with Crippen LogP contribution in [0.5, 0.6) is 0 Å². The van der Waals surface area contributed by atoms with Gasteiger partial charge < -0.3 is 5.32 Å². The van der Waals surface area contributed by atoms with E-state index in [0.29, 0.717) is 18.2 Å². The molecular formula is C15H14BrN3O. The van der Waals surface area contributed by atoms with Gasteiger partial charge >= 0.3 is 0 Å². The predicted molar refractivity (Wildman–Crippen MR) is 79.3 cm³/mol. The van der Waals surface area contributed by atoms with Gasteiger partial charge in [-0.25, -0.2) is 9.97 Å². The highest BCUT2D eigenvalue weighted by Crippen LogP contribution is 2.38. The smallest absolute Gasteiger partial charge is 0.270 e. The Kier molecular flexibility index (Phi) is 3.78. The topological polar surface area (TPSA) is 54.9 Å². The highest BCUT2D eigenvalue weighted by Gasteiger charge is 2.25. The third kappa shape index (κ3) is 3.22. The Balaban J connectivity index is 1.63. The standard InChI is InChI=1S/C15H14BrN3O/c16-12-5-1-10(2-6-12)8-17-15(20)14-7-13(11-3-4-11)18-9-19-14/h1-2,5-7,9,11H,3-4,8H2,(H,17,20). The minimum absolute atomic E-state index is 0.155. The lowest BCUT2D eigenvalue weighted by Crippen LogP contribution is -2.24. The van der Waals surface area contributed by atoms with Crippen LogP contribution in [-0.4, -0.2) is 15.9 Å². The lowest BCUT2D eigenvalue weighted by Gasteiger charge is -2.06. The molecule has 102 valence electrons. The second-order valence-electron chi connectivity index (χ2n) is 4.91. The maximum absolute atomic E-state index is 12.1. The molecule has 0 spiro atoms. The maximum Gasteiger partial charge on any atom is 0.270 e. The Morgan fingerprint density at radius 2 is 2.00 bits per heavy atom. The van der Waals surface area contributed by atoms with Crippen molar-refractivity contribution in [2.24, 2.45) is 0 Å². The molecule has 0 unspecified atom stereocenters. The van der Waals surface area contributed by atoms with Crippen molar-refractivity contribution in [1.82, 2.24) is 15.3 Å². The molecule has 3 rings (SSSR count). The van der Waals surface area contributed by atoms with E-state index in [0.717, 1.165) is 28.6 Å². The van der Waals surface area contributed by atoms with E-state index >= 15 is 0 Å². The van der Waals surface area contributed by atoms with Crippen LogP contribution in [-0.2, 0) is 6.54 Å². The fourth-order valence-corrected chi connectivity index (χ4v) is 2.24. The van der Waals surface area contributed by atoms with Crippen molar-refractivity contribution in [2.75, 3.05) is 0 Å². The number of amides is 1. The van der Waals surface area contributed by atoms with Gasteiger partial charge in [0.25, 0.3) is 5.91 Å². The molecule has 1 aliphatic carbocycles. The molecule has 0 bridgehead atoms. The fourth-order valence-electron chi connectivity index (χ4n) is 1.97. The minimum atomic E-state index is -0.155. The number of aromatic nitrogens is 2. The van der Waals surface area contributed by atoms with Crippen LogP contribution in [0, 0.1) is 0 Å². The van der Waals surface area contributed by atoms with Gasteiger partial charge in [0.05, 0.1) is 0 Å². The molecule has 4 nitrogen and oxygen atoms in total. The van der Waals surface area contributed by atoms with Gasteiger partial charge in [0.1, 0.15) is 12.0 Å². The number of benzene rings is 1. The van der Waals surface area contributed by atoms with Crippen LogP contribution in [0.15, 0.2) is 41.1 Å². The summed E-state index contributed by atoms with van der Waals surface area (Å²) in [6, 6.07) is 9.66. The number of rotatable bonds is 4. The molecule has 0 aliphatic heterocycles. The summed E-state index contributed by atoms with van der Waals surface area (Å²) in [7, 11) is 0. The summed E-state index contributed by atoms with van der Waals surface area (Å²) in [6.45, 7) is 0.495. The Bertz CT molecular complexity index is 623. The average molecular weight is 332 g/mol. The summed E-state index contributed by atoms with van der Waals surface area (Å²) in [5.41, 5.74) is 2.48. The highest BCUT2D eigenvalue weighted by atomic mass is 79.9. The van der Waals surface area contributed by atoms with Crippen molar-refractivity contribution in [3.63, 3.8) is 0 Å². The SMILES string of the molecule is O=C(NCc1ccc(Br)cc1)c1cc(C2CC2)ncn1. The number of hydrogen-bond donors (Lipinski definition) is 1. The molecule has 0 radical (unpaired) electrons. The first kappa shape index (κ1) is 13.2. The van der Waals surface area contributed by atoms with Crippen molar-refractivity contribution >= 4 is 21.8 Å². The molecule has 0 atom stereocenters. The molecule has 1 N–H and O–H groups in total. The first-order valence-corrected chi connectivity index (χ1v) is 7.36. The molecule has 1 heterocycles. The van der Waals surface area contributed by atoms with Crippen LogP contribution in [0.4, 0.5) is 0 Å². The number of carbonyl (C=O) groups is 1. The number of carbonyl (C=O) groups excluding carboxylic acids is 1. The normalized spacial score (nSPS) is 14.1. The fraction of sp³-hybridized carbons (Fsp3) is 0.267. The summed E-state index contributed by atoms with van der Waals surface area (Å²) in [5, 5.41) is 2.88. The third-order valence-corrected chi connectivity index (χ3v) is 3.81. The van der Waals surface area contributed by atoms with E-state index in [-0.39, 0.29) is 5.91 Å². The average Bonchev–Trinajstić information content (AvgIpc) is 3.31.